The Balaban J connectivity index is 2.22. The van der Waals surface area contributed by atoms with Crippen LogP contribution >= 0.6 is 11.3 Å². The molecule has 1 heterocycles. The van der Waals surface area contributed by atoms with Crippen molar-refractivity contribution in [2.24, 2.45) is 0 Å². The van der Waals surface area contributed by atoms with Gasteiger partial charge in [0, 0.05) is 4.88 Å². The zero-order chi connectivity index (χ0) is 13.8. The maximum atomic E-state index is 5.68. The van der Waals surface area contributed by atoms with Crippen LogP contribution in [-0.2, 0) is 0 Å². The maximum absolute atomic E-state index is 5.68. The van der Waals surface area contributed by atoms with Crippen LogP contribution in [0.3, 0.4) is 0 Å². The van der Waals surface area contributed by atoms with Gasteiger partial charge in [0.05, 0.1) is 12.1 Å². The van der Waals surface area contributed by atoms with Crippen LogP contribution in [0.1, 0.15) is 35.9 Å². The van der Waals surface area contributed by atoms with Gasteiger partial charge in [-0.3, -0.25) is 0 Å². The smallest absolute Gasteiger partial charge is 0.119 e. The topological polar surface area (TPSA) is 21.3 Å². The Labute approximate surface area is 119 Å². The van der Waals surface area contributed by atoms with E-state index in [2.05, 4.69) is 35.8 Å². The third-order valence-electron chi connectivity index (χ3n) is 3.04. The third-order valence-corrected chi connectivity index (χ3v) is 4.12. The van der Waals surface area contributed by atoms with E-state index < -0.39 is 0 Å². The first-order valence-corrected chi connectivity index (χ1v) is 7.47. The van der Waals surface area contributed by atoms with E-state index in [1.54, 1.807) is 11.3 Å². The second kappa shape index (κ2) is 6.22. The molecule has 1 atom stereocenters. The summed E-state index contributed by atoms with van der Waals surface area (Å²) in [7, 11) is 2.00. The van der Waals surface area contributed by atoms with E-state index in [0.717, 1.165) is 5.75 Å². The van der Waals surface area contributed by atoms with Crippen molar-refractivity contribution in [3.63, 3.8) is 0 Å². The summed E-state index contributed by atoms with van der Waals surface area (Å²) in [4.78, 5) is 1.38. The average Bonchev–Trinajstić information content (AvgIpc) is 2.78. The number of nitrogens with one attached hydrogen (secondary N) is 1. The molecule has 0 saturated heterocycles. The minimum Gasteiger partial charge on any atom is -0.491 e. The zero-order valence-corrected chi connectivity index (χ0v) is 12.8. The number of hydrogen-bond donors (Lipinski definition) is 1. The third kappa shape index (κ3) is 3.37. The molecule has 2 aromatic rings. The predicted molar refractivity (Wildman–Crippen MR) is 82.2 cm³/mol. The average molecular weight is 275 g/mol. The summed E-state index contributed by atoms with van der Waals surface area (Å²) >= 11 is 1.80. The number of ether oxygens (including phenoxy) is 1. The van der Waals surface area contributed by atoms with Crippen molar-refractivity contribution < 1.29 is 4.74 Å². The summed E-state index contributed by atoms with van der Waals surface area (Å²) in [5.41, 5.74) is 2.61. The molecule has 1 N–H and O–H groups in total. The second-order valence-electron chi connectivity index (χ2n) is 4.93. The molecule has 0 aliphatic heterocycles. The van der Waals surface area contributed by atoms with Gasteiger partial charge in [-0.15, -0.1) is 11.3 Å². The molecule has 0 radical (unpaired) electrons. The van der Waals surface area contributed by atoms with Gasteiger partial charge < -0.3 is 10.1 Å². The van der Waals surface area contributed by atoms with Gasteiger partial charge in [-0.2, -0.15) is 0 Å². The molecule has 2 rings (SSSR count). The molecule has 0 aliphatic carbocycles. The van der Waals surface area contributed by atoms with E-state index in [4.69, 9.17) is 4.74 Å². The highest BCUT2D eigenvalue weighted by Gasteiger charge is 2.15. The summed E-state index contributed by atoms with van der Waals surface area (Å²) in [5.74, 6) is 0.927. The summed E-state index contributed by atoms with van der Waals surface area (Å²) in [5, 5.41) is 5.54. The maximum Gasteiger partial charge on any atom is 0.119 e. The molecule has 2 nitrogen and oxygen atoms in total. The molecule has 0 amide bonds. The van der Waals surface area contributed by atoms with Crippen LogP contribution in [-0.4, -0.2) is 13.2 Å². The van der Waals surface area contributed by atoms with Crippen molar-refractivity contribution in [2.75, 3.05) is 7.05 Å². The van der Waals surface area contributed by atoms with E-state index in [1.165, 1.54) is 16.0 Å². The molecule has 3 heteroatoms. The van der Waals surface area contributed by atoms with Gasteiger partial charge >= 0.3 is 0 Å². The molecule has 1 aromatic carbocycles. The van der Waals surface area contributed by atoms with Crippen molar-refractivity contribution in [1.29, 1.82) is 0 Å². The molecule has 0 spiro atoms. The highest BCUT2D eigenvalue weighted by molar-refractivity contribution is 7.10. The van der Waals surface area contributed by atoms with Crippen molar-refractivity contribution in [3.8, 4) is 5.75 Å². The van der Waals surface area contributed by atoms with E-state index in [9.17, 15) is 0 Å². The van der Waals surface area contributed by atoms with Crippen molar-refractivity contribution >= 4 is 11.3 Å². The number of aryl methyl sites for hydroxylation is 1. The molecule has 1 aromatic heterocycles. The normalized spacial score (nSPS) is 12.7. The Morgan fingerprint density at radius 3 is 2.26 bits per heavy atom. The molecule has 0 bridgehead atoms. The number of benzene rings is 1. The van der Waals surface area contributed by atoms with Crippen LogP contribution in [0, 0.1) is 6.92 Å². The van der Waals surface area contributed by atoms with Crippen LogP contribution in [0.4, 0.5) is 0 Å². The van der Waals surface area contributed by atoms with Gasteiger partial charge in [0.15, 0.2) is 0 Å². The molecule has 19 heavy (non-hydrogen) atoms. The van der Waals surface area contributed by atoms with Crippen molar-refractivity contribution in [2.45, 2.75) is 32.9 Å². The highest BCUT2D eigenvalue weighted by atomic mass is 32.1. The number of rotatable bonds is 5. The first kappa shape index (κ1) is 14.1. The van der Waals surface area contributed by atoms with Crippen LogP contribution in [0.15, 0.2) is 35.7 Å². The molecule has 0 aliphatic rings. The van der Waals surface area contributed by atoms with Gasteiger partial charge in [0.1, 0.15) is 5.75 Å². The van der Waals surface area contributed by atoms with E-state index in [1.807, 2.05) is 33.0 Å². The van der Waals surface area contributed by atoms with E-state index >= 15 is 0 Å². The van der Waals surface area contributed by atoms with Gasteiger partial charge in [-0.1, -0.05) is 12.1 Å². The van der Waals surface area contributed by atoms with Gasteiger partial charge in [0.2, 0.25) is 0 Å². The van der Waals surface area contributed by atoms with Crippen LogP contribution in [0.2, 0.25) is 0 Å². The van der Waals surface area contributed by atoms with Crippen molar-refractivity contribution in [1.82, 2.24) is 5.32 Å². The zero-order valence-electron chi connectivity index (χ0n) is 11.9. The molecular formula is C16H21NOS. The fourth-order valence-corrected chi connectivity index (χ4v) is 3.20. The Morgan fingerprint density at radius 2 is 1.79 bits per heavy atom. The quantitative estimate of drug-likeness (QED) is 0.885. The fraction of sp³-hybridized carbons (Fsp3) is 0.375. The van der Waals surface area contributed by atoms with Crippen molar-refractivity contribution in [3.05, 3.63) is 51.7 Å². The summed E-state index contributed by atoms with van der Waals surface area (Å²) < 4.78 is 5.68. The molecule has 0 saturated carbocycles. The number of hydrogen-bond acceptors (Lipinski definition) is 3. The predicted octanol–water partition coefficient (Wildman–Crippen LogP) is 4.15. The molecule has 0 fully saturated rings. The first-order chi connectivity index (χ1) is 9.11. The number of thiophene rings is 1. The van der Waals surface area contributed by atoms with Crippen LogP contribution < -0.4 is 10.1 Å². The first-order valence-electron chi connectivity index (χ1n) is 6.59. The summed E-state index contributed by atoms with van der Waals surface area (Å²) in [6.45, 7) is 6.24. The Bertz CT molecular complexity index is 516. The molecule has 1 unspecified atom stereocenters. The minimum atomic E-state index is 0.213. The standard InChI is InChI=1S/C16H21NOS/c1-11(2)18-14-7-5-13(6-8-14)15(17-4)16-12(3)9-10-19-16/h5-11,15,17H,1-4H3. The lowest BCUT2D eigenvalue weighted by Crippen LogP contribution is -2.17. The fourth-order valence-electron chi connectivity index (χ4n) is 2.14. The van der Waals surface area contributed by atoms with Crippen LogP contribution in [0.5, 0.6) is 5.75 Å². The van der Waals surface area contributed by atoms with Gasteiger partial charge in [-0.05, 0) is 62.5 Å². The van der Waals surface area contributed by atoms with Gasteiger partial charge in [-0.25, -0.2) is 0 Å². The minimum absolute atomic E-state index is 0.213. The van der Waals surface area contributed by atoms with Crippen LogP contribution in [0.25, 0.3) is 0 Å². The molecule has 102 valence electrons. The summed E-state index contributed by atoms with van der Waals surface area (Å²) in [6.07, 6.45) is 0.213. The molecular weight excluding hydrogens is 254 g/mol. The largest absolute Gasteiger partial charge is 0.491 e. The Morgan fingerprint density at radius 1 is 1.11 bits per heavy atom. The SMILES string of the molecule is CNC(c1ccc(OC(C)C)cc1)c1sccc1C. The highest BCUT2D eigenvalue weighted by Crippen LogP contribution is 2.30. The van der Waals surface area contributed by atoms with E-state index in [-0.39, 0.29) is 12.1 Å². The lowest BCUT2D eigenvalue weighted by molar-refractivity contribution is 0.242. The Kier molecular flexibility index (Phi) is 4.61. The lowest BCUT2D eigenvalue weighted by Gasteiger charge is -2.17. The second-order valence-corrected chi connectivity index (χ2v) is 5.87. The van der Waals surface area contributed by atoms with Gasteiger partial charge in [0.25, 0.3) is 0 Å². The monoisotopic (exact) mass is 275 g/mol. The Hall–Kier alpha value is -1.32. The summed E-state index contributed by atoms with van der Waals surface area (Å²) in [6, 6.07) is 10.8. The lowest BCUT2D eigenvalue weighted by atomic mass is 10.0. The van der Waals surface area contributed by atoms with E-state index in [0.29, 0.717) is 0 Å².